The molecule has 0 aliphatic heterocycles. The number of hydrogen-bond acceptors (Lipinski definition) is 3. The molecule has 5 heteroatoms. The summed E-state index contributed by atoms with van der Waals surface area (Å²) in [6.45, 7) is 0.0691. The lowest BCUT2D eigenvalue weighted by atomic mass is 10.1. The lowest BCUT2D eigenvalue weighted by molar-refractivity contribution is 0.280. The first-order valence-corrected chi connectivity index (χ1v) is 7.79. The Hall–Kier alpha value is -1.72. The van der Waals surface area contributed by atoms with E-state index in [1.54, 1.807) is 0 Å². The van der Waals surface area contributed by atoms with Crippen molar-refractivity contribution in [2.45, 2.75) is 25.4 Å². The predicted octanol–water partition coefficient (Wildman–Crippen LogP) is 3.53. The van der Waals surface area contributed by atoms with Gasteiger partial charge in [-0.05, 0) is 64.0 Å². The summed E-state index contributed by atoms with van der Waals surface area (Å²) < 4.78 is 2.88. The molecule has 0 amide bonds. The van der Waals surface area contributed by atoms with Crippen LogP contribution < -0.4 is 0 Å². The molecule has 106 valence electrons. The third-order valence-electron chi connectivity index (χ3n) is 3.93. The molecule has 1 fully saturated rings. The van der Waals surface area contributed by atoms with E-state index >= 15 is 0 Å². The van der Waals surface area contributed by atoms with Gasteiger partial charge in [-0.15, -0.1) is 0 Å². The Morgan fingerprint density at radius 3 is 2.90 bits per heavy atom. The van der Waals surface area contributed by atoms with Gasteiger partial charge in [0, 0.05) is 6.20 Å². The lowest BCUT2D eigenvalue weighted by Gasteiger charge is -2.09. The second-order valence-corrected chi connectivity index (χ2v) is 6.22. The maximum absolute atomic E-state index is 9.56. The van der Waals surface area contributed by atoms with Crippen LogP contribution in [-0.2, 0) is 6.61 Å². The predicted molar refractivity (Wildman–Crippen MR) is 84.0 cm³/mol. The zero-order valence-electron chi connectivity index (χ0n) is 11.3. The highest BCUT2D eigenvalue weighted by Crippen LogP contribution is 2.42. The topological polar surface area (TPSA) is 50.4 Å². The number of fused-ring (bicyclic) bond motifs is 1. The van der Waals surface area contributed by atoms with Crippen LogP contribution in [0.5, 0.6) is 0 Å². The average Bonchev–Trinajstić information content (AvgIpc) is 3.26. The molecule has 0 aromatic carbocycles. The van der Waals surface area contributed by atoms with Crippen molar-refractivity contribution in [2.75, 3.05) is 0 Å². The minimum atomic E-state index is 0.0691. The smallest absolute Gasteiger partial charge is 0.137 e. The standard InChI is InChI=1S/C16H14BrN3O/c17-15-3-1-2-13(19-15)14-7-18-16-6-11(9-21)12(8-20(14)16)10-4-5-10/h1-3,6-8,10,21H,4-5,9H2. The molecular weight excluding hydrogens is 330 g/mol. The van der Waals surface area contributed by atoms with Crippen molar-refractivity contribution in [3.8, 4) is 11.4 Å². The number of imidazole rings is 1. The number of rotatable bonds is 3. The molecule has 3 aromatic heterocycles. The molecule has 21 heavy (non-hydrogen) atoms. The molecule has 0 radical (unpaired) electrons. The quantitative estimate of drug-likeness (QED) is 0.740. The molecule has 3 heterocycles. The molecule has 0 bridgehead atoms. The van der Waals surface area contributed by atoms with Gasteiger partial charge in [-0.3, -0.25) is 4.40 Å². The number of aliphatic hydroxyl groups excluding tert-OH is 1. The second kappa shape index (κ2) is 4.93. The molecule has 4 rings (SSSR count). The molecular formula is C16H14BrN3O. The Balaban J connectivity index is 1.93. The SMILES string of the molecule is OCc1cc2ncc(-c3cccc(Br)n3)n2cc1C1CC1. The third-order valence-corrected chi connectivity index (χ3v) is 4.37. The number of halogens is 1. The average molecular weight is 344 g/mol. The fourth-order valence-corrected chi connectivity index (χ4v) is 3.06. The minimum absolute atomic E-state index is 0.0691. The lowest BCUT2D eigenvalue weighted by Crippen LogP contribution is -1.98. The molecule has 4 nitrogen and oxygen atoms in total. The highest BCUT2D eigenvalue weighted by Gasteiger charge is 2.27. The molecule has 1 N–H and O–H groups in total. The van der Waals surface area contributed by atoms with E-state index in [-0.39, 0.29) is 6.61 Å². The maximum Gasteiger partial charge on any atom is 0.137 e. The Kier molecular flexibility index (Phi) is 3.05. The van der Waals surface area contributed by atoms with E-state index in [2.05, 4.69) is 36.5 Å². The van der Waals surface area contributed by atoms with Crippen LogP contribution in [0.2, 0.25) is 0 Å². The first-order valence-electron chi connectivity index (χ1n) is 7.00. The monoisotopic (exact) mass is 343 g/mol. The second-order valence-electron chi connectivity index (χ2n) is 5.40. The van der Waals surface area contributed by atoms with Gasteiger partial charge < -0.3 is 5.11 Å². The fourth-order valence-electron chi connectivity index (χ4n) is 2.72. The summed E-state index contributed by atoms with van der Waals surface area (Å²) in [6, 6.07) is 7.84. The number of pyridine rings is 2. The van der Waals surface area contributed by atoms with E-state index in [1.165, 1.54) is 18.4 Å². The fraction of sp³-hybridized carbons (Fsp3) is 0.250. The summed E-state index contributed by atoms with van der Waals surface area (Å²) in [5, 5.41) is 9.56. The molecule has 1 aliphatic carbocycles. The summed E-state index contributed by atoms with van der Waals surface area (Å²) in [5.74, 6) is 0.585. The first-order chi connectivity index (χ1) is 10.3. The molecule has 0 atom stereocenters. The highest BCUT2D eigenvalue weighted by molar-refractivity contribution is 9.10. The van der Waals surface area contributed by atoms with Gasteiger partial charge in [-0.1, -0.05) is 6.07 Å². The van der Waals surface area contributed by atoms with Crippen molar-refractivity contribution in [2.24, 2.45) is 0 Å². The van der Waals surface area contributed by atoms with E-state index < -0.39 is 0 Å². The largest absolute Gasteiger partial charge is 0.392 e. The van der Waals surface area contributed by atoms with Gasteiger partial charge in [0.2, 0.25) is 0 Å². The van der Waals surface area contributed by atoms with Gasteiger partial charge in [0.05, 0.1) is 24.2 Å². The van der Waals surface area contributed by atoms with Gasteiger partial charge in [-0.25, -0.2) is 9.97 Å². The number of hydrogen-bond donors (Lipinski definition) is 1. The van der Waals surface area contributed by atoms with Gasteiger partial charge in [0.1, 0.15) is 10.3 Å². The molecule has 1 aliphatic rings. The minimum Gasteiger partial charge on any atom is -0.392 e. The molecule has 0 unspecified atom stereocenters. The maximum atomic E-state index is 9.56. The van der Waals surface area contributed by atoms with Crippen molar-refractivity contribution in [1.82, 2.24) is 14.4 Å². The van der Waals surface area contributed by atoms with Crippen molar-refractivity contribution in [1.29, 1.82) is 0 Å². The van der Waals surface area contributed by atoms with Crippen LogP contribution in [0.4, 0.5) is 0 Å². The van der Waals surface area contributed by atoms with Crippen LogP contribution in [0.3, 0.4) is 0 Å². The molecule has 0 saturated heterocycles. The van der Waals surface area contributed by atoms with Gasteiger partial charge in [-0.2, -0.15) is 0 Å². The summed E-state index contributed by atoms with van der Waals surface area (Å²) in [6.07, 6.45) is 6.36. The van der Waals surface area contributed by atoms with Gasteiger partial charge >= 0.3 is 0 Å². The molecule has 3 aromatic rings. The zero-order chi connectivity index (χ0) is 14.4. The summed E-state index contributed by atoms with van der Waals surface area (Å²) in [5.41, 5.74) is 4.93. The zero-order valence-corrected chi connectivity index (χ0v) is 12.9. The summed E-state index contributed by atoms with van der Waals surface area (Å²) in [7, 11) is 0. The normalized spacial score (nSPS) is 14.8. The van der Waals surface area contributed by atoms with Crippen LogP contribution in [0.15, 0.2) is 41.3 Å². The van der Waals surface area contributed by atoms with Gasteiger partial charge in [0.15, 0.2) is 0 Å². The van der Waals surface area contributed by atoms with E-state index in [0.717, 1.165) is 27.2 Å². The highest BCUT2D eigenvalue weighted by atomic mass is 79.9. The van der Waals surface area contributed by atoms with Crippen LogP contribution in [0, 0.1) is 0 Å². The van der Waals surface area contributed by atoms with Crippen molar-refractivity contribution >= 4 is 21.6 Å². The first kappa shape index (κ1) is 13.0. The third kappa shape index (κ3) is 2.26. The molecule has 1 saturated carbocycles. The van der Waals surface area contributed by atoms with E-state index in [9.17, 15) is 5.11 Å². The van der Waals surface area contributed by atoms with E-state index in [1.807, 2.05) is 30.5 Å². The number of aliphatic hydroxyl groups is 1. The van der Waals surface area contributed by atoms with Crippen LogP contribution in [0.1, 0.15) is 29.9 Å². The van der Waals surface area contributed by atoms with E-state index in [4.69, 9.17) is 0 Å². The van der Waals surface area contributed by atoms with Crippen LogP contribution in [-0.4, -0.2) is 19.5 Å². The van der Waals surface area contributed by atoms with Crippen molar-refractivity contribution < 1.29 is 5.11 Å². The Bertz CT molecular complexity index is 824. The number of nitrogens with zero attached hydrogens (tertiary/aromatic N) is 3. The summed E-state index contributed by atoms with van der Waals surface area (Å²) in [4.78, 5) is 8.96. The Morgan fingerprint density at radius 2 is 2.19 bits per heavy atom. The van der Waals surface area contributed by atoms with E-state index in [0.29, 0.717) is 5.92 Å². The summed E-state index contributed by atoms with van der Waals surface area (Å²) >= 11 is 3.41. The van der Waals surface area contributed by atoms with Crippen molar-refractivity contribution in [3.63, 3.8) is 0 Å². The Morgan fingerprint density at radius 1 is 1.33 bits per heavy atom. The van der Waals surface area contributed by atoms with Crippen LogP contribution >= 0.6 is 15.9 Å². The van der Waals surface area contributed by atoms with Crippen LogP contribution in [0.25, 0.3) is 17.0 Å². The van der Waals surface area contributed by atoms with Gasteiger partial charge in [0.25, 0.3) is 0 Å². The molecule has 0 spiro atoms. The Labute approximate surface area is 130 Å². The number of aromatic nitrogens is 3. The van der Waals surface area contributed by atoms with Crippen molar-refractivity contribution in [3.05, 3.63) is 52.4 Å².